The highest BCUT2D eigenvalue weighted by molar-refractivity contribution is 6.43. The zero-order valence-electron chi connectivity index (χ0n) is 17.6. The van der Waals surface area contributed by atoms with Crippen LogP contribution < -0.4 is 10.6 Å². The molecule has 0 bridgehead atoms. The number of anilines is 1. The lowest BCUT2D eigenvalue weighted by Gasteiger charge is -2.19. The van der Waals surface area contributed by atoms with Gasteiger partial charge < -0.3 is 20.3 Å². The number of amides is 2. The molecule has 0 saturated carbocycles. The van der Waals surface area contributed by atoms with E-state index in [-0.39, 0.29) is 23.5 Å². The van der Waals surface area contributed by atoms with Crippen molar-refractivity contribution in [3.63, 3.8) is 0 Å². The molecule has 7 nitrogen and oxygen atoms in total. The van der Waals surface area contributed by atoms with E-state index in [2.05, 4.69) is 10.6 Å². The topological polar surface area (TPSA) is 100 Å². The average Bonchev–Trinajstić information content (AvgIpc) is 2.99. The first-order valence-electron chi connectivity index (χ1n) is 10.0. The van der Waals surface area contributed by atoms with Crippen molar-refractivity contribution >= 4 is 23.3 Å². The van der Waals surface area contributed by atoms with Crippen molar-refractivity contribution in [1.29, 1.82) is 0 Å². The lowest BCUT2D eigenvalue weighted by Crippen LogP contribution is -2.41. The van der Waals surface area contributed by atoms with Gasteiger partial charge in [0, 0.05) is 30.5 Å². The first-order valence-corrected chi connectivity index (χ1v) is 10.0. The summed E-state index contributed by atoms with van der Waals surface area (Å²) < 4.78 is 28.4. The van der Waals surface area contributed by atoms with E-state index >= 15 is 0 Å². The molecule has 0 fully saturated rings. The van der Waals surface area contributed by atoms with E-state index in [9.17, 15) is 28.3 Å². The van der Waals surface area contributed by atoms with Crippen LogP contribution >= 0.6 is 0 Å². The van der Waals surface area contributed by atoms with Crippen LogP contribution in [0.2, 0.25) is 0 Å². The molecule has 166 valence electrons. The molecular weight excluding hydrogens is 408 g/mol. The van der Waals surface area contributed by atoms with Crippen LogP contribution in [-0.4, -0.2) is 39.4 Å². The van der Waals surface area contributed by atoms with Crippen molar-refractivity contribution in [2.45, 2.75) is 52.2 Å². The van der Waals surface area contributed by atoms with E-state index in [1.807, 2.05) is 0 Å². The summed E-state index contributed by atoms with van der Waals surface area (Å²) in [6.07, 6.45) is 2.14. The number of hydrogen-bond acceptors (Lipinski definition) is 4. The van der Waals surface area contributed by atoms with Crippen LogP contribution in [0.5, 0.6) is 0 Å². The normalized spacial score (nSPS) is 13.5. The van der Waals surface area contributed by atoms with Gasteiger partial charge >= 0.3 is 0 Å². The molecule has 2 amide bonds. The largest absolute Gasteiger partial charge is 0.389 e. The molecular formula is C22H25F2N3O4. The van der Waals surface area contributed by atoms with Gasteiger partial charge in [0.2, 0.25) is 0 Å². The van der Waals surface area contributed by atoms with Gasteiger partial charge in [-0.1, -0.05) is 0 Å². The van der Waals surface area contributed by atoms with Crippen LogP contribution in [0, 0.1) is 18.6 Å². The fourth-order valence-corrected chi connectivity index (χ4v) is 3.72. The van der Waals surface area contributed by atoms with E-state index in [0.29, 0.717) is 24.2 Å². The summed E-state index contributed by atoms with van der Waals surface area (Å²) in [5.41, 5.74) is 0.248. The summed E-state index contributed by atoms with van der Waals surface area (Å²) in [5, 5.41) is 14.7. The summed E-state index contributed by atoms with van der Waals surface area (Å²) in [5.74, 6) is -4.35. The second-order valence-electron chi connectivity index (χ2n) is 8.31. The van der Waals surface area contributed by atoms with Crippen molar-refractivity contribution in [3.8, 4) is 0 Å². The number of ketones is 1. The Bertz CT molecular complexity index is 1050. The highest BCUT2D eigenvalue weighted by Crippen LogP contribution is 2.29. The Hall–Kier alpha value is -3.07. The van der Waals surface area contributed by atoms with Crippen LogP contribution in [0.4, 0.5) is 14.5 Å². The van der Waals surface area contributed by atoms with Gasteiger partial charge in [0.25, 0.3) is 17.6 Å². The van der Waals surface area contributed by atoms with Crippen molar-refractivity contribution in [2.75, 3.05) is 11.9 Å². The molecule has 3 rings (SSSR count). The molecule has 0 spiro atoms. The minimum absolute atomic E-state index is 0.0786. The second-order valence-corrected chi connectivity index (χ2v) is 8.31. The van der Waals surface area contributed by atoms with Crippen LogP contribution in [0.25, 0.3) is 0 Å². The van der Waals surface area contributed by atoms with Crippen molar-refractivity contribution in [2.24, 2.45) is 0 Å². The van der Waals surface area contributed by atoms with E-state index < -0.39 is 34.8 Å². The average molecular weight is 433 g/mol. The molecule has 9 heteroatoms. The summed E-state index contributed by atoms with van der Waals surface area (Å²) in [6.45, 7) is 4.97. The number of fused-ring (bicyclic) bond motifs is 1. The van der Waals surface area contributed by atoms with Crippen molar-refractivity contribution in [1.82, 2.24) is 9.88 Å². The number of aromatic nitrogens is 1. The number of hydrogen-bond donors (Lipinski definition) is 3. The van der Waals surface area contributed by atoms with Gasteiger partial charge in [-0.2, -0.15) is 0 Å². The molecule has 2 heterocycles. The number of carbonyl (C=O) groups excluding carboxylic acids is 3. The Morgan fingerprint density at radius 3 is 2.52 bits per heavy atom. The molecule has 3 N–H and O–H groups in total. The highest BCUT2D eigenvalue weighted by atomic mass is 19.2. The number of rotatable bonds is 6. The van der Waals surface area contributed by atoms with Crippen LogP contribution in [0.1, 0.15) is 58.8 Å². The SMILES string of the molecule is Cc1c(C(=O)Nc2ccc(F)c(F)c2)c2n(c1C(=O)C(=O)NCC(C)(C)O)CCCC2. The first kappa shape index (κ1) is 22.6. The van der Waals surface area contributed by atoms with Crippen molar-refractivity contribution in [3.05, 3.63) is 52.3 Å². The lowest BCUT2D eigenvalue weighted by molar-refractivity contribution is -0.118. The second kappa shape index (κ2) is 8.58. The third-order valence-corrected chi connectivity index (χ3v) is 5.17. The Balaban J connectivity index is 1.94. The number of halogens is 2. The van der Waals surface area contributed by atoms with E-state index in [1.165, 1.54) is 19.9 Å². The maximum atomic E-state index is 13.5. The van der Waals surface area contributed by atoms with Gasteiger partial charge in [-0.3, -0.25) is 14.4 Å². The fraction of sp³-hybridized carbons (Fsp3) is 0.409. The molecule has 0 saturated heterocycles. The van der Waals surface area contributed by atoms with E-state index in [1.54, 1.807) is 11.5 Å². The van der Waals surface area contributed by atoms with E-state index in [0.717, 1.165) is 25.0 Å². The first-order chi connectivity index (χ1) is 14.5. The van der Waals surface area contributed by atoms with Crippen LogP contribution in [-0.2, 0) is 17.8 Å². The molecule has 0 radical (unpaired) electrons. The zero-order chi connectivity index (χ0) is 22.9. The number of nitrogens with zero attached hydrogens (tertiary/aromatic N) is 1. The predicted molar refractivity (Wildman–Crippen MR) is 110 cm³/mol. The van der Waals surface area contributed by atoms with E-state index in [4.69, 9.17) is 0 Å². The Kier molecular flexibility index (Phi) is 6.26. The maximum absolute atomic E-state index is 13.5. The molecule has 1 aliphatic rings. The Morgan fingerprint density at radius 2 is 1.87 bits per heavy atom. The minimum atomic E-state index is -1.18. The number of aliphatic hydroxyl groups is 1. The minimum Gasteiger partial charge on any atom is -0.389 e. The molecule has 1 aliphatic heterocycles. The molecule has 0 aliphatic carbocycles. The number of Topliss-reactive ketones (excluding diaryl/α,β-unsaturated/α-hetero) is 1. The molecule has 2 aromatic rings. The zero-order valence-corrected chi connectivity index (χ0v) is 17.6. The number of benzene rings is 1. The fourth-order valence-electron chi connectivity index (χ4n) is 3.72. The quantitative estimate of drug-likeness (QED) is 0.482. The highest BCUT2D eigenvalue weighted by Gasteiger charge is 2.32. The van der Waals surface area contributed by atoms with Crippen molar-refractivity contribution < 1.29 is 28.3 Å². The third-order valence-electron chi connectivity index (χ3n) is 5.17. The van der Waals surface area contributed by atoms with Gasteiger partial charge in [-0.25, -0.2) is 8.78 Å². The van der Waals surface area contributed by atoms with Gasteiger partial charge in [0.05, 0.1) is 16.9 Å². The number of nitrogens with one attached hydrogen (secondary N) is 2. The van der Waals surface area contributed by atoms with Gasteiger partial charge in [-0.05, 0) is 57.7 Å². The molecule has 31 heavy (non-hydrogen) atoms. The van der Waals surface area contributed by atoms with Gasteiger partial charge in [-0.15, -0.1) is 0 Å². The van der Waals surface area contributed by atoms with Gasteiger partial charge in [0.15, 0.2) is 11.6 Å². The summed E-state index contributed by atoms with van der Waals surface area (Å²) >= 11 is 0. The number of carbonyl (C=O) groups is 3. The summed E-state index contributed by atoms with van der Waals surface area (Å²) in [6, 6.07) is 3.03. The summed E-state index contributed by atoms with van der Waals surface area (Å²) in [4.78, 5) is 38.3. The van der Waals surface area contributed by atoms with Crippen LogP contribution in [0.3, 0.4) is 0 Å². The summed E-state index contributed by atoms with van der Waals surface area (Å²) in [7, 11) is 0. The lowest BCUT2D eigenvalue weighted by atomic mass is 10.0. The molecule has 0 unspecified atom stereocenters. The van der Waals surface area contributed by atoms with Crippen LogP contribution in [0.15, 0.2) is 18.2 Å². The molecule has 1 aromatic heterocycles. The maximum Gasteiger partial charge on any atom is 0.294 e. The predicted octanol–water partition coefficient (Wildman–Crippen LogP) is 2.73. The third kappa shape index (κ3) is 4.82. The Morgan fingerprint density at radius 1 is 1.16 bits per heavy atom. The standard InChI is InChI=1S/C22H25F2N3O4/c1-12-17(20(29)26-13-7-8-14(23)15(24)10-13)16-6-4-5-9-27(16)18(12)19(28)21(30)25-11-22(2,3)31/h7-8,10,31H,4-6,9,11H2,1-3H3,(H,25,30)(H,26,29). The smallest absolute Gasteiger partial charge is 0.294 e. The Labute approximate surface area is 178 Å². The van der Waals surface area contributed by atoms with Gasteiger partial charge in [0.1, 0.15) is 0 Å². The monoisotopic (exact) mass is 433 g/mol. The molecule has 0 atom stereocenters. The molecule has 1 aromatic carbocycles.